The largest absolute Gasteiger partial charge is 0.481 e. The SMILES string of the molecule is CCOC(C=O)CCCC(=O)O. The van der Waals surface area contributed by atoms with E-state index in [4.69, 9.17) is 9.84 Å². The van der Waals surface area contributed by atoms with Crippen molar-refractivity contribution in [2.75, 3.05) is 6.61 Å². The van der Waals surface area contributed by atoms with Crippen LogP contribution in [0, 0.1) is 0 Å². The summed E-state index contributed by atoms with van der Waals surface area (Å²) in [5.41, 5.74) is 0. The average molecular weight is 174 g/mol. The molecule has 0 aromatic rings. The molecule has 0 rings (SSSR count). The second kappa shape index (κ2) is 6.79. The molecule has 0 amide bonds. The van der Waals surface area contributed by atoms with Crippen LogP contribution in [0.3, 0.4) is 0 Å². The Labute approximate surface area is 71.5 Å². The van der Waals surface area contributed by atoms with Gasteiger partial charge in [0, 0.05) is 13.0 Å². The van der Waals surface area contributed by atoms with Crippen molar-refractivity contribution >= 4 is 12.3 Å². The molecule has 12 heavy (non-hydrogen) atoms. The van der Waals surface area contributed by atoms with E-state index in [0.717, 1.165) is 0 Å². The molecule has 0 aromatic carbocycles. The number of aldehydes is 1. The lowest BCUT2D eigenvalue weighted by molar-refractivity contribution is -0.137. The second-order valence-electron chi connectivity index (χ2n) is 2.42. The number of carboxylic acids is 1. The van der Waals surface area contributed by atoms with Crippen LogP contribution in [0.5, 0.6) is 0 Å². The van der Waals surface area contributed by atoms with Crippen molar-refractivity contribution in [3.8, 4) is 0 Å². The molecule has 0 saturated carbocycles. The van der Waals surface area contributed by atoms with Crippen LogP contribution in [0.2, 0.25) is 0 Å². The minimum Gasteiger partial charge on any atom is -0.481 e. The van der Waals surface area contributed by atoms with Crippen molar-refractivity contribution in [1.82, 2.24) is 0 Å². The van der Waals surface area contributed by atoms with E-state index in [9.17, 15) is 9.59 Å². The third-order valence-electron chi connectivity index (χ3n) is 1.41. The molecule has 4 heteroatoms. The first-order valence-corrected chi connectivity index (χ1v) is 3.99. The normalized spacial score (nSPS) is 12.4. The van der Waals surface area contributed by atoms with Crippen molar-refractivity contribution in [1.29, 1.82) is 0 Å². The molecular formula is C8H14O4. The Kier molecular flexibility index (Phi) is 6.28. The number of carbonyl (C=O) groups is 2. The third kappa shape index (κ3) is 5.85. The molecule has 0 aliphatic rings. The van der Waals surface area contributed by atoms with Gasteiger partial charge in [-0.05, 0) is 19.8 Å². The monoisotopic (exact) mass is 174 g/mol. The van der Waals surface area contributed by atoms with Gasteiger partial charge in [0.2, 0.25) is 0 Å². The molecule has 0 spiro atoms. The van der Waals surface area contributed by atoms with Gasteiger partial charge in [-0.15, -0.1) is 0 Å². The summed E-state index contributed by atoms with van der Waals surface area (Å²) in [4.78, 5) is 20.4. The molecule has 1 unspecified atom stereocenters. The van der Waals surface area contributed by atoms with E-state index in [0.29, 0.717) is 25.7 Å². The van der Waals surface area contributed by atoms with Crippen molar-refractivity contribution in [3.63, 3.8) is 0 Å². The van der Waals surface area contributed by atoms with Gasteiger partial charge < -0.3 is 14.6 Å². The molecule has 1 N–H and O–H groups in total. The Morgan fingerprint density at radius 1 is 1.67 bits per heavy atom. The van der Waals surface area contributed by atoms with Crippen molar-refractivity contribution < 1.29 is 19.4 Å². The van der Waals surface area contributed by atoms with Gasteiger partial charge in [0.05, 0.1) is 0 Å². The predicted octanol–water partition coefficient (Wildman–Crippen LogP) is 0.845. The van der Waals surface area contributed by atoms with Crippen LogP contribution < -0.4 is 0 Å². The molecule has 1 atom stereocenters. The first-order chi connectivity index (χ1) is 5.70. The minimum atomic E-state index is -0.837. The van der Waals surface area contributed by atoms with Gasteiger partial charge >= 0.3 is 5.97 Å². The quantitative estimate of drug-likeness (QED) is 0.581. The fraction of sp³-hybridized carbons (Fsp3) is 0.750. The average Bonchev–Trinajstić information content (AvgIpc) is 2.02. The number of hydrogen-bond donors (Lipinski definition) is 1. The third-order valence-corrected chi connectivity index (χ3v) is 1.41. The van der Waals surface area contributed by atoms with Crippen LogP contribution in [0.4, 0.5) is 0 Å². The Morgan fingerprint density at radius 2 is 2.33 bits per heavy atom. The van der Waals surface area contributed by atoms with Gasteiger partial charge in [0.15, 0.2) is 0 Å². The number of hydrogen-bond acceptors (Lipinski definition) is 3. The van der Waals surface area contributed by atoms with E-state index in [-0.39, 0.29) is 6.42 Å². The smallest absolute Gasteiger partial charge is 0.303 e. The highest BCUT2D eigenvalue weighted by molar-refractivity contribution is 5.66. The standard InChI is InChI=1S/C8H14O4/c1-2-12-7(6-9)4-3-5-8(10)11/h6-7H,2-5H2,1H3,(H,10,11). The molecule has 0 aliphatic heterocycles. The number of carboxylic acid groups (broad SMARTS) is 1. The number of aliphatic carboxylic acids is 1. The first-order valence-electron chi connectivity index (χ1n) is 3.99. The summed E-state index contributed by atoms with van der Waals surface area (Å²) in [6.07, 6.45) is 1.35. The van der Waals surface area contributed by atoms with Crippen LogP contribution in [0.1, 0.15) is 26.2 Å². The molecule has 0 bridgehead atoms. The van der Waals surface area contributed by atoms with Crippen LogP contribution in [0.25, 0.3) is 0 Å². The maximum absolute atomic E-state index is 10.3. The summed E-state index contributed by atoms with van der Waals surface area (Å²) in [6, 6.07) is 0. The fourth-order valence-corrected chi connectivity index (χ4v) is 0.859. The van der Waals surface area contributed by atoms with Gasteiger partial charge in [-0.25, -0.2) is 0 Å². The Balaban J connectivity index is 3.44. The van der Waals surface area contributed by atoms with E-state index in [2.05, 4.69) is 0 Å². The maximum atomic E-state index is 10.3. The van der Waals surface area contributed by atoms with Gasteiger partial charge in [0.25, 0.3) is 0 Å². The summed E-state index contributed by atoms with van der Waals surface area (Å²) in [6.45, 7) is 2.28. The van der Waals surface area contributed by atoms with Crippen LogP contribution >= 0.6 is 0 Å². The zero-order chi connectivity index (χ0) is 9.40. The molecule has 4 nitrogen and oxygen atoms in total. The highest BCUT2D eigenvalue weighted by Gasteiger charge is 2.06. The number of carbonyl (C=O) groups excluding carboxylic acids is 1. The Hall–Kier alpha value is -0.900. The van der Waals surface area contributed by atoms with E-state index in [1.807, 2.05) is 0 Å². The highest BCUT2D eigenvalue weighted by Crippen LogP contribution is 2.02. The summed E-state index contributed by atoms with van der Waals surface area (Å²) in [5, 5.41) is 8.30. The van der Waals surface area contributed by atoms with Gasteiger partial charge in [-0.1, -0.05) is 0 Å². The van der Waals surface area contributed by atoms with Crippen LogP contribution in [-0.4, -0.2) is 30.1 Å². The van der Waals surface area contributed by atoms with Gasteiger partial charge in [-0.2, -0.15) is 0 Å². The molecule has 0 aliphatic carbocycles. The molecule has 70 valence electrons. The zero-order valence-corrected chi connectivity index (χ0v) is 7.16. The van der Waals surface area contributed by atoms with Gasteiger partial charge in [-0.3, -0.25) is 4.79 Å². The number of rotatable bonds is 7. The maximum Gasteiger partial charge on any atom is 0.303 e. The fourth-order valence-electron chi connectivity index (χ4n) is 0.859. The van der Waals surface area contributed by atoms with E-state index < -0.39 is 12.1 Å². The second-order valence-corrected chi connectivity index (χ2v) is 2.42. The predicted molar refractivity (Wildman–Crippen MR) is 43.0 cm³/mol. The van der Waals surface area contributed by atoms with Crippen molar-refractivity contribution in [3.05, 3.63) is 0 Å². The summed E-state index contributed by atoms with van der Waals surface area (Å²) < 4.78 is 5.01. The Bertz CT molecular complexity index is 144. The van der Waals surface area contributed by atoms with Crippen molar-refractivity contribution in [2.24, 2.45) is 0 Å². The zero-order valence-electron chi connectivity index (χ0n) is 7.16. The van der Waals surface area contributed by atoms with E-state index in [1.54, 1.807) is 6.92 Å². The lowest BCUT2D eigenvalue weighted by Crippen LogP contribution is -2.14. The van der Waals surface area contributed by atoms with Crippen LogP contribution in [0.15, 0.2) is 0 Å². The van der Waals surface area contributed by atoms with E-state index in [1.165, 1.54) is 0 Å². The molecule has 0 radical (unpaired) electrons. The molecule has 0 aromatic heterocycles. The topological polar surface area (TPSA) is 63.6 Å². The molecule has 0 saturated heterocycles. The summed E-state index contributed by atoms with van der Waals surface area (Å²) in [5.74, 6) is -0.837. The lowest BCUT2D eigenvalue weighted by atomic mass is 10.2. The summed E-state index contributed by atoms with van der Waals surface area (Å²) in [7, 11) is 0. The van der Waals surface area contributed by atoms with Crippen molar-refractivity contribution in [2.45, 2.75) is 32.3 Å². The molecule has 0 heterocycles. The first kappa shape index (κ1) is 11.1. The Morgan fingerprint density at radius 3 is 2.75 bits per heavy atom. The molecular weight excluding hydrogens is 160 g/mol. The summed E-state index contributed by atoms with van der Waals surface area (Å²) >= 11 is 0. The minimum absolute atomic E-state index is 0.0947. The van der Waals surface area contributed by atoms with Crippen LogP contribution in [-0.2, 0) is 14.3 Å². The molecule has 0 fully saturated rings. The highest BCUT2D eigenvalue weighted by atomic mass is 16.5. The van der Waals surface area contributed by atoms with E-state index >= 15 is 0 Å². The number of ether oxygens (including phenoxy) is 1. The lowest BCUT2D eigenvalue weighted by Gasteiger charge is -2.08. The van der Waals surface area contributed by atoms with Gasteiger partial charge in [0.1, 0.15) is 12.4 Å².